The number of fused-ring (bicyclic) bond motifs is 2. The van der Waals surface area contributed by atoms with Crippen LogP contribution in [0.25, 0.3) is 27.9 Å². The van der Waals surface area contributed by atoms with E-state index >= 15 is 0 Å². The molecule has 20 heavy (non-hydrogen) atoms. The van der Waals surface area contributed by atoms with Crippen molar-refractivity contribution in [3.63, 3.8) is 0 Å². The largest absolute Gasteiger partial charge is 0.360 e. The number of nitrogens with one attached hydrogen (secondary N) is 1. The average Bonchev–Trinajstić information content (AvgIpc) is 3.03. The number of aromatic nitrogens is 5. The lowest BCUT2D eigenvalue weighted by molar-refractivity contribution is 0.938. The zero-order valence-corrected chi connectivity index (χ0v) is 11.3. The number of hydrogen-bond acceptors (Lipinski definition) is 3. The zero-order valence-electron chi connectivity index (χ0n) is 11.3. The average molecular weight is 263 g/mol. The third-order valence-corrected chi connectivity index (χ3v) is 3.49. The Morgan fingerprint density at radius 2 is 2.05 bits per heavy atom. The smallest absolute Gasteiger partial charge is 0.252 e. The summed E-state index contributed by atoms with van der Waals surface area (Å²) in [6.45, 7) is 4.07. The van der Waals surface area contributed by atoms with Gasteiger partial charge in [-0.25, -0.2) is 4.98 Å². The van der Waals surface area contributed by atoms with E-state index in [2.05, 4.69) is 45.2 Å². The highest BCUT2D eigenvalue weighted by atomic mass is 15.3. The van der Waals surface area contributed by atoms with Gasteiger partial charge in [-0.2, -0.15) is 14.6 Å². The van der Waals surface area contributed by atoms with E-state index in [4.69, 9.17) is 0 Å². The molecule has 4 rings (SSSR count). The molecular weight excluding hydrogens is 250 g/mol. The van der Waals surface area contributed by atoms with E-state index in [9.17, 15) is 0 Å². The summed E-state index contributed by atoms with van der Waals surface area (Å²) < 4.78 is 1.78. The maximum Gasteiger partial charge on any atom is 0.252 e. The summed E-state index contributed by atoms with van der Waals surface area (Å²) >= 11 is 0. The van der Waals surface area contributed by atoms with Gasteiger partial charge in [0.05, 0.1) is 5.69 Å². The predicted octanol–water partition coefficient (Wildman–Crippen LogP) is 2.89. The summed E-state index contributed by atoms with van der Waals surface area (Å²) in [6, 6.07) is 8.42. The van der Waals surface area contributed by atoms with Gasteiger partial charge in [-0.3, -0.25) is 0 Å². The van der Waals surface area contributed by atoms with Crippen molar-refractivity contribution in [2.75, 3.05) is 0 Å². The molecule has 5 heteroatoms. The van der Waals surface area contributed by atoms with Crippen LogP contribution in [0.4, 0.5) is 0 Å². The van der Waals surface area contributed by atoms with Crippen LogP contribution in [-0.2, 0) is 0 Å². The molecule has 5 nitrogen and oxygen atoms in total. The summed E-state index contributed by atoms with van der Waals surface area (Å²) in [4.78, 5) is 11.9. The monoisotopic (exact) mass is 263 g/mol. The number of benzene rings is 1. The summed E-state index contributed by atoms with van der Waals surface area (Å²) in [6.07, 6.45) is 3.55. The highest BCUT2D eigenvalue weighted by Crippen LogP contribution is 2.29. The first-order chi connectivity index (χ1) is 9.72. The van der Waals surface area contributed by atoms with Gasteiger partial charge < -0.3 is 4.98 Å². The van der Waals surface area contributed by atoms with Gasteiger partial charge in [0, 0.05) is 28.4 Å². The predicted molar refractivity (Wildman–Crippen MR) is 77.5 cm³/mol. The Balaban J connectivity index is 2.10. The second-order valence-electron chi connectivity index (χ2n) is 5.01. The highest BCUT2D eigenvalue weighted by Gasteiger charge is 2.12. The fraction of sp³-hybridized carbons (Fsp3) is 0.133. The Bertz CT molecular complexity index is 932. The minimum Gasteiger partial charge on any atom is -0.360 e. The van der Waals surface area contributed by atoms with E-state index in [0.29, 0.717) is 5.78 Å². The Hall–Kier alpha value is -2.69. The third kappa shape index (κ3) is 1.53. The SMILES string of the molecule is Cc1ccc2[nH]cc(-c3cc(C)nc4ncnn34)c2c1. The van der Waals surface area contributed by atoms with Crippen LogP contribution in [0.2, 0.25) is 0 Å². The molecule has 0 radical (unpaired) electrons. The van der Waals surface area contributed by atoms with Gasteiger partial charge in [-0.15, -0.1) is 0 Å². The molecule has 0 aliphatic carbocycles. The van der Waals surface area contributed by atoms with Crippen molar-refractivity contribution in [3.05, 3.63) is 48.0 Å². The van der Waals surface area contributed by atoms with Crippen LogP contribution in [-0.4, -0.2) is 24.6 Å². The second-order valence-corrected chi connectivity index (χ2v) is 5.01. The van der Waals surface area contributed by atoms with Crippen molar-refractivity contribution in [1.29, 1.82) is 0 Å². The van der Waals surface area contributed by atoms with Crippen molar-refractivity contribution >= 4 is 16.7 Å². The maximum atomic E-state index is 4.38. The number of rotatable bonds is 1. The maximum absolute atomic E-state index is 4.38. The summed E-state index contributed by atoms with van der Waals surface area (Å²) in [5, 5.41) is 5.46. The molecule has 0 bridgehead atoms. The molecule has 4 aromatic rings. The topological polar surface area (TPSA) is 58.9 Å². The number of nitrogens with zero attached hydrogens (tertiary/aromatic N) is 4. The molecule has 0 unspecified atom stereocenters. The van der Waals surface area contributed by atoms with Crippen molar-refractivity contribution in [3.8, 4) is 11.3 Å². The van der Waals surface area contributed by atoms with Gasteiger partial charge >= 0.3 is 0 Å². The fourth-order valence-electron chi connectivity index (χ4n) is 2.57. The van der Waals surface area contributed by atoms with Crippen LogP contribution in [0.5, 0.6) is 0 Å². The molecule has 1 aromatic carbocycles. The van der Waals surface area contributed by atoms with Crippen LogP contribution in [0.15, 0.2) is 36.8 Å². The number of aromatic amines is 1. The van der Waals surface area contributed by atoms with Gasteiger partial charge in [0.25, 0.3) is 5.78 Å². The third-order valence-electron chi connectivity index (χ3n) is 3.49. The molecule has 3 heterocycles. The molecular formula is C15H13N5. The molecule has 0 aliphatic rings. The Morgan fingerprint density at radius 3 is 2.95 bits per heavy atom. The van der Waals surface area contributed by atoms with E-state index in [0.717, 1.165) is 22.5 Å². The van der Waals surface area contributed by atoms with Crippen LogP contribution in [0.3, 0.4) is 0 Å². The molecule has 3 aromatic heterocycles. The van der Waals surface area contributed by atoms with Crippen LogP contribution in [0.1, 0.15) is 11.3 Å². The first-order valence-electron chi connectivity index (χ1n) is 6.48. The number of H-pyrrole nitrogens is 1. The first kappa shape index (κ1) is 11.2. The number of aryl methyl sites for hydroxylation is 2. The van der Waals surface area contributed by atoms with E-state index in [1.54, 1.807) is 4.52 Å². The Labute approximate surface area is 115 Å². The lowest BCUT2D eigenvalue weighted by Crippen LogP contribution is -1.98. The lowest BCUT2D eigenvalue weighted by atomic mass is 10.1. The molecule has 0 fully saturated rings. The van der Waals surface area contributed by atoms with Crippen molar-refractivity contribution in [1.82, 2.24) is 24.6 Å². The van der Waals surface area contributed by atoms with E-state index in [-0.39, 0.29) is 0 Å². The normalized spacial score (nSPS) is 11.5. The van der Waals surface area contributed by atoms with Crippen LogP contribution in [0, 0.1) is 13.8 Å². The molecule has 1 N–H and O–H groups in total. The molecule has 0 saturated heterocycles. The van der Waals surface area contributed by atoms with Gasteiger partial charge in [-0.05, 0) is 32.0 Å². The Morgan fingerprint density at radius 1 is 1.15 bits per heavy atom. The van der Waals surface area contributed by atoms with Crippen molar-refractivity contribution in [2.24, 2.45) is 0 Å². The molecule has 0 spiro atoms. The zero-order chi connectivity index (χ0) is 13.7. The minimum absolute atomic E-state index is 0.627. The molecule has 0 atom stereocenters. The van der Waals surface area contributed by atoms with Gasteiger partial charge in [0.1, 0.15) is 6.33 Å². The van der Waals surface area contributed by atoms with Gasteiger partial charge in [0.2, 0.25) is 0 Å². The molecule has 0 aliphatic heterocycles. The van der Waals surface area contributed by atoms with Crippen molar-refractivity contribution < 1.29 is 0 Å². The van der Waals surface area contributed by atoms with E-state index < -0.39 is 0 Å². The quantitative estimate of drug-likeness (QED) is 0.574. The minimum atomic E-state index is 0.627. The van der Waals surface area contributed by atoms with Crippen LogP contribution < -0.4 is 0 Å². The van der Waals surface area contributed by atoms with E-state index in [1.165, 1.54) is 17.3 Å². The summed E-state index contributed by atoms with van der Waals surface area (Å²) in [5.74, 6) is 0.627. The first-order valence-corrected chi connectivity index (χ1v) is 6.48. The molecule has 0 saturated carbocycles. The number of hydrogen-bond donors (Lipinski definition) is 1. The standard InChI is InChI=1S/C15H13N5/c1-9-3-4-13-11(5-9)12(7-16-13)14-6-10(2)19-15-17-8-18-20(14)15/h3-8,16H,1-2H3. The van der Waals surface area contributed by atoms with Gasteiger partial charge in [0.15, 0.2) is 0 Å². The molecule has 0 amide bonds. The fourth-order valence-corrected chi connectivity index (χ4v) is 2.57. The second kappa shape index (κ2) is 3.90. The summed E-state index contributed by atoms with van der Waals surface area (Å²) in [5.41, 5.74) is 5.40. The molecule has 98 valence electrons. The van der Waals surface area contributed by atoms with Crippen molar-refractivity contribution in [2.45, 2.75) is 13.8 Å². The van der Waals surface area contributed by atoms with Crippen LogP contribution >= 0.6 is 0 Å². The lowest BCUT2D eigenvalue weighted by Gasteiger charge is -2.04. The van der Waals surface area contributed by atoms with E-state index in [1.807, 2.05) is 19.2 Å². The highest BCUT2D eigenvalue weighted by molar-refractivity contribution is 5.95. The Kier molecular flexibility index (Phi) is 2.18. The van der Waals surface area contributed by atoms with Gasteiger partial charge in [-0.1, -0.05) is 11.6 Å². The summed E-state index contributed by atoms with van der Waals surface area (Å²) in [7, 11) is 0.